The van der Waals surface area contributed by atoms with Gasteiger partial charge in [0, 0.05) is 23.2 Å². The fourth-order valence-corrected chi connectivity index (χ4v) is 4.47. The van der Waals surface area contributed by atoms with Gasteiger partial charge in [-0.05, 0) is 26.3 Å². The van der Waals surface area contributed by atoms with E-state index in [1.54, 1.807) is 6.92 Å². The Morgan fingerprint density at radius 3 is 2.79 bits per heavy atom. The molecule has 0 bridgehead atoms. The lowest BCUT2D eigenvalue weighted by atomic mass is 10.1. The minimum Gasteiger partial charge on any atom is -0.451 e. The molecule has 9 heteroatoms. The van der Waals surface area contributed by atoms with Crippen molar-refractivity contribution < 1.29 is 14.0 Å². The van der Waals surface area contributed by atoms with Gasteiger partial charge >= 0.3 is 0 Å². The SMILES string of the molecule is CCCNC(=O)[C@H](C)NC(=O)c1oc2ccccc2c1CSc1nnc(C)s1. The number of hydrogen-bond acceptors (Lipinski definition) is 7. The lowest BCUT2D eigenvalue weighted by molar-refractivity contribution is -0.122. The number of para-hydroxylation sites is 1. The molecule has 7 nitrogen and oxygen atoms in total. The Hall–Kier alpha value is -2.39. The van der Waals surface area contributed by atoms with Crippen molar-refractivity contribution >= 4 is 45.9 Å². The zero-order chi connectivity index (χ0) is 20.1. The van der Waals surface area contributed by atoms with Crippen LogP contribution in [0.2, 0.25) is 0 Å². The van der Waals surface area contributed by atoms with E-state index in [4.69, 9.17) is 4.42 Å². The third-order valence-electron chi connectivity index (χ3n) is 4.04. The predicted octanol–water partition coefficient (Wildman–Crippen LogP) is 3.53. The average Bonchev–Trinajstić information content (AvgIpc) is 3.27. The van der Waals surface area contributed by atoms with Gasteiger partial charge in [-0.2, -0.15) is 0 Å². The number of hydrogen-bond donors (Lipinski definition) is 2. The van der Waals surface area contributed by atoms with Gasteiger partial charge in [-0.25, -0.2) is 0 Å². The third kappa shape index (κ3) is 4.71. The number of carbonyl (C=O) groups excluding carboxylic acids is 2. The summed E-state index contributed by atoms with van der Waals surface area (Å²) in [4.78, 5) is 24.9. The molecule has 3 aromatic rings. The van der Waals surface area contributed by atoms with Crippen molar-refractivity contribution in [2.45, 2.75) is 43.3 Å². The van der Waals surface area contributed by atoms with Gasteiger partial charge in [0.25, 0.3) is 5.91 Å². The summed E-state index contributed by atoms with van der Waals surface area (Å²) in [5.74, 6) is 0.126. The summed E-state index contributed by atoms with van der Waals surface area (Å²) in [6.45, 7) is 6.11. The zero-order valence-corrected chi connectivity index (χ0v) is 17.6. The molecule has 3 rings (SSSR count). The van der Waals surface area contributed by atoms with Gasteiger partial charge < -0.3 is 15.1 Å². The monoisotopic (exact) mass is 418 g/mol. The van der Waals surface area contributed by atoms with Crippen molar-refractivity contribution in [1.82, 2.24) is 20.8 Å². The molecule has 0 spiro atoms. The summed E-state index contributed by atoms with van der Waals surface area (Å²) >= 11 is 3.02. The van der Waals surface area contributed by atoms with Gasteiger partial charge in [-0.15, -0.1) is 10.2 Å². The summed E-state index contributed by atoms with van der Waals surface area (Å²) in [6, 6.07) is 6.86. The van der Waals surface area contributed by atoms with Crippen LogP contribution >= 0.6 is 23.1 Å². The molecule has 2 heterocycles. The topological polar surface area (TPSA) is 97.1 Å². The lowest BCUT2D eigenvalue weighted by Crippen LogP contribution is -2.45. The van der Waals surface area contributed by atoms with E-state index in [0.717, 1.165) is 26.7 Å². The molecule has 0 radical (unpaired) electrons. The number of rotatable bonds is 8. The number of nitrogens with one attached hydrogen (secondary N) is 2. The maximum atomic E-state index is 12.8. The molecule has 28 heavy (non-hydrogen) atoms. The number of nitrogens with zero attached hydrogens (tertiary/aromatic N) is 2. The molecular formula is C19H22N4O3S2. The van der Waals surface area contributed by atoms with Gasteiger partial charge in [0.2, 0.25) is 5.91 Å². The van der Waals surface area contributed by atoms with E-state index in [2.05, 4.69) is 20.8 Å². The van der Waals surface area contributed by atoms with E-state index in [9.17, 15) is 9.59 Å². The van der Waals surface area contributed by atoms with Gasteiger partial charge in [0.05, 0.1) is 0 Å². The number of thioether (sulfide) groups is 1. The number of fused-ring (bicyclic) bond motifs is 1. The lowest BCUT2D eigenvalue weighted by Gasteiger charge is -2.13. The number of benzene rings is 1. The number of aryl methyl sites for hydroxylation is 1. The summed E-state index contributed by atoms with van der Waals surface area (Å²) < 4.78 is 6.66. The Morgan fingerprint density at radius 1 is 1.29 bits per heavy atom. The Kier molecular flexibility index (Phi) is 6.69. The summed E-state index contributed by atoms with van der Waals surface area (Å²) in [5.41, 5.74) is 1.42. The van der Waals surface area contributed by atoms with Gasteiger partial charge in [0.1, 0.15) is 16.6 Å². The van der Waals surface area contributed by atoms with Crippen LogP contribution in [0.1, 0.15) is 41.4 Å². The second-order valence-electron chi connectivity index (χ2n) is 6.27. The first-order valence-electron chi connectivity index (χ1n) is 9.01. The van der Waals surface area contributed by atoms with Crippen molar-refractivity contribution in [3.05, 3.63) is 40.6 Å². The summed E-state index contributed by atoms with van der Waals surface area (Å²) in [6.07, 6.45) is 0.836. The molecule has 0 saturated carbocycles. The molecule has 0 aliphatic rings. The molecule has 0 unspecified atom stereocenters. The van der Waals surface area contributed by atoms with Gasteiger partial charge in [0.15, 0.2) is 10.1 Å². The van der Waals surface area contributed by atoms with Crippen molar-refractivity contribution in [3.63, 3.8) is 0 Å². The van der Waals surface area contributed by atoms with Crippen LogP contribution in [-0.2, 0) is 10.5 Å². The van der Waals surface area contributed by atoms with Crippen molar-refractivity contribution in [3.8, 4) is 0 Å². The van der Waals surface area contributed by atoms with Crippen LogP contribution in [0, 0.1) is 6.92 Å². The van der Waals surface area contributed by atoms with Crippen LogP contribution in [0.15, 0.2) is 33.0 Å². The molecule has 1 atom stereocenters. The van der Waals surface area contributed by atoms with Gasteiger partial charge in [-0.1, -0.05) is 48.2 Å². The number of furan rings is 1. The van der Waals surface area contributed by atoms with E-state index in [1.807, 2.05) is 38.1 Å². The third-order valence-corrected chi connectivity index (χ3v) is 6.04. The Labute approximate surface area is 171 Å². The minimum absolute atomic E-state index is 0.216. The minimum atomic E-state index is -0.654. The predicted molar refractivity (Wildman–Crippen MR) is 111 cm³/mol. The van der Waals surface area contributed by atoms with Crippen LogP contribution in [0.5, 0.6) is 0 Å². The highest BCUT2D eigenvalue weighted by atomic mass is 32.2. The first-order chi connectivity index (χ1) is 13.5. The summed E-state index contributed by atoms with van der Waals surface area (Å²) in [5, 5.41) is 15.4. The molecule has 0 aliphatic carbocycles. The van der Waals surface area contributed by atoms with E-state index in [-0.39, 0.29) is 11.7 Å². The highest BCUT2D eigenvalue weighted by Gasteiger charge is 2.24. The Balaban J connectivity index is 1.81. The van der Waals surface area contributed by atoms with Crippen molar-refractivity contribution in [2.24, 2.45) is 0 Å². The highest BCUT2D eigenvalue weighted by Crippen LogP contribution is 2.33. The van der Waals surface area contributed by atoms with Crippen LogP contribution in [0.3, 0.4) is 0 Å². The maximum Gasteiger partial charge on any atom is 0.288 e. The van der Waals surface area contributed by atoms with E-state index in [1.165, 1.54) is 23.1 Å². The highest BCUT2D eigenvalue weighted by molar-refractivity contribution is 8.00. The van der Waals surface area contributed by atoms with Crippen molar-refractivity contribution in [2.75, 3.05) is 6.54 Å². The average molecular weight is 419 g/mol. The number of carbonyl (C=O) groups is 2. The fourth-order valence-electron chi connectivity index (χ4n) is 2.63. The Morgan fingerprint density at radius 2 is 2.07 bits per heavy atom. The second-order valence-corrected chi connectivity index (χ2v) is 8.67. The van der Waals surface area contributed by atoms with Crippen LogP contribution in [0.25, 0.3) is 11.0 Å². The molecular weight excluding hydrogens is 396 g/mol. The van der Waals surface area contributed by atoms with E-state index >= 15 is 0 Å². The fraction of sp³-hybridized carbons (Fsp3) is 0.368. The number of aromatic nitrogens is 2. The van der Waals surface area contributed by atoms with E-state index in [0.29, 0.717) is 17.9 Å². The number of amides is 2. The quantitative estimate of drug-likeness (QED) is 0.543. The van der Waals surface area contributed by atoms with Crippen molar-refractivity contribution in [1.29, 1.82) is 0 Å². The molecule has 0 saturated heterocycles. The van der Waals surface area contributed by atoms with Crippen LogP contribution < -0.4 is 10.6 Å². The first kappa shape index (κ1) is 20.3. The van der Waals surface area contributed by atoms with Gasteiger partial charge in [-0.3, -0.25) is 9.59 Å². The normalized spacial score (nSPS) is 12.1. The Bertz CT molecular complexity index is 983. The molecule has 2 amide bonds. The molecule has 0 fully saturated rings. The van der Waals surface area contributed by atoms with Crippen LogP contribution in [0.4, 0.5) is 0 Å². The summed E-state index contributed by atoms with van der Waals surface area (Å²) in [7, 11) is 0. The van der Waals surface area contributed by atoms with Crippen LogP contribution in [-0.4, -0.2) is 34.6 Å². The first-order valence-corrected chi connectivity index (χ1v) is 10.8. The molecule has 2 N–H and O–H groups in total. The molecule has 0 aliphatic heterocycles. The zero-order valence-electron chi connectivity index (χ0n) is 15.9. The standard InChI is InChI=1S/C19H22N4O3S2/c1-4-9-20-17(24)11(2)21-18(25)16-14(10-27-19-23-22-12(3)28-19)13-7-5-6-8-15(13)26-16/h5-8,11H,4,9-10H2,1-3H3,(H,20,24)(H,21,25)/t11-/m0/s1. The molecule has 1 aromatic carbocycles. The largest absolute Gasteiger partial charge is 0.451 e. The molecule has 2 aromatic heterocycles. The van der Waals surface area contributed by atoms with E-state index < -0.39 is 11.9 Å². The second kappa shape index (κ2) is 9.20. The molecule has 148 valence electrons. The maximum absolute atomic E-state index is 12.8. The smallest absolute Gasteiger partial charge is 0.288 e.